The molecule has 2 aromatic carbocycles. The minimum absolute atomic E-state index is 0.408. The summed E-state index contributed by atoms with van der Waals surface area (Å²) in [5, 5.41) is 2.55. The number of benzene rings is 2. The van der Waals surface area contributed by atoms with Gasteiger partial charge in [-0.05, 0) is 42.7 Å². The van der Waals surface area contributed by atoms with Crippen LogP contribution in [0.5, 0.6) is 5.75 Å². The van der Waals surface area contributed by atoms with Gasteiger partial charge in [0.2, 0.25) is 0 Å². The first-order valence-electron chi connectivity index (χ1n) is 8.30. The van der Waals surface area contributed by atoms with E-state index in [9.17, 15) is 0 Å². The summed E-state index contributed by atoms with van der Waals surface area (Å²) in [5.41, 5.74) is 4.43. The summed E-state index contributed by atoms with van der Waals surface area (Å²) in [6.07, 6.45) is 2.72. The number of para-hydroxylation sites is 1. The van der Waals surface area contributed by atoms with E-state index in [1.54, 1.807) is 0 Å². The molecule has 0 fully saturated rings. The van der Waals surface area contributed by atoms with Crippen LogP contribution >= 0.6 is 0 Å². The molecule has 3 rings (SSSR count). The van der Waals surface area contributed by atoms with E-state index in [-0.39, 0.29) is 0 Å². The van der Waals surface area contributed by atoms with Crippen molar-refractivity contribution < 1.29 is 8.85 Å². The van der Waals surface area contributed by atoms with Crippen molar-refractivity contribution in [2.45, 2.75) is 13.0 Å². The van der Waals surface area contributed by atoms with Crippen molar-refractivity contribution >= 4 is 5.57 Å². The summed E-state index contributed by atoms with van der Waals surface area (Å²) in [6, 6.07) is 16.1. The van der Waals surface area contributed by atoms with Gasteiger partial charge in [-0.1, -0.05) is 48.5 Å². The van der Waals surface area contributed by atoms with Crippen LogP contribution in [0.4, 0.5) is 0 Å². The van der Waals surface area contributed by atoms with Crippen molar-refractivity contribution in [2.24, 2.45) is 0 Å². The monoisotopic (exact) mass is 269 g/mol. The number of ether oxygens (including phenoxy) is 1. The highest BCUT2D eigenvalue weighted by Gasteiger charge is 2.17. The van der Waals surface area contributed by atoms with Gasteiger partial charge in [0, 0.05) is 9.68 Å². The summed E-state index contributed by atoms with van der Waals surface area (Å²) in [7, 11) is 0. The SMILES string of the molecule is [2H][13C]([2H])([2H])NCC/C=C1\c2ccccc2COc2ccccc21. The molecular formula is C18H19NO. The fourth-order valence-corrected chi connectivity index (χ4v) is 2.53. The highest BCUT2D eigenvalue weighted by Crippen LogP contribution is 2.36. The smallest absolute Gasteiger partial charge is 0.127 e. The van der Waals surface area contributed by atoms with Gasteiger partial charge in [-0.25, -0.2) is 0 Å². The van der Waals surface area contributed by atoms with Crippen LogP contribution < -0.4 is 10.1 Å². The number of hydrogen-bond donors (Lipinski definition) is 1. The summed E-state index contributed by atoms with van der Waals surface area (Å²) < 4.78 is 27.5. The number of hydrogen-bond acceptors (Lipinski definition) is 2. The summed E-state index contributed by atoms with van der Waals surface area (Å²) in [4.78, 5) is 0. The molecule has 1 heterocycles. The molecule has 2 nitrogen and oxygen atoms in total. The fraction of sp³-hybridized carbons (Fsp3) is 0.222. The Hall–Kier alpha value is -2.06. The molecule has 0 atom stereocenters. The van der Waals surface area contributed by atoms with Crippen LogP contribution in [-0.4, -0.2) is 13.5 Å². The van der Waals surface area contributed by atoms with E-state index in [0.717, 1.165) is 28.0 Å². The standard InChI is InChI=1S/C18H19NO/c1-19-12-6-10-16-15-8-3-2-7-14(15)13-20-18-11-5-4-9-17(16)18/h2-5,7-11,19H,6,12-13H2,1H3/b16-10+/i1+1D3. The van der Waals surface area contributed by atoms with Gasteiger partial charge in [-0.3, -0.25) is 0 Å². The van der Waals surface area contributed by atoms with Crippen LogP contribution in [-0.2, 0) is 6.61 Å². The second-order valence-corrected chi connectivity index (χ2v) is 4.78. The average molecular weight is 269 g/mol. The Morgan fingerprint density at radius 3 is 2.85 bits per heavy atom. The minimum atomic E-state index is -2.10. The quantitative estimate of drug-likeness (QED) is 0.679. The molecule has 1 aliphatic heterocycles. The van der Waals surface area contributed by atoms with E-state index in [2.05, 4.69) is 23.5 Å². The van der Waals surface area contributed by atoms with Gasteiger partial charge in [0.25, 0.3) is 0 Å². The lowest BCUT2D eigenvalue weighted by molar-refractivity contribution is 0.307. The highest BCUT2D eigenvalue weighted by molar-refractivity contribution is 5.84. The Morgan fingerprint density at radius 1 is 1.15 bits per heavy atom. The zero-order chi connectivity index (χ0) is 16.3. The molecule has 0 bridgehead atoms. The lowest BCUT2D eigenvalue weighted by Gasteiger charge is -2.10. The van der Waals surface area contributed by atoms with Crippen LogP contribution in [0, 0.1) is 0 Å². The maximum absolute atomic E-state index is 7.21. The predicted octanol–water partition coefficient (Wildman–Crippen LogP) is 3.62. The molecule has 1 N–H and O–H groups in total. The molecule has 0 aromatic heterocycles. The van der Waals surface area contributed by atoms with E-state index in [1.807, 2.05) is 36.4 Å². The lowest BCUT2D eigenvalue weighted by Crippen LogP contribution is -2.06. The topological polar surface area (TPSA) is 21.3 Å². The maximum Gasteiger partial charge on any atom is 0.127 e. The van der Waals surface area contributed by atoms with Crippen molar-refractivity contribution in [2.75, 3.05) is 13.5 Å². The second-order valence-electron chi connectivity index (χ2n) is 4.78. The molecule has 0 amide bonds. The van der Waals surface area contributed by atoms with Crippen LogP contribution in [0.15, 0.2) is 54.6 Å². The van der Waals surface area contributed by atoms with Gasteiger partial charge in [-0.15, -0.1) is 0 Å². The van der Waals surface area contributed by atoms with Gasteiger partial charge in [0.15, 0.2) is 0 Å². The van der Waals surface area contributed by atoms with Gasteiger partial charge < -0.3 is 10.1 Å². The average Bonchev–Trinajstić information content (AvgIpc) is 2.68. The fourth-order valence-electron chi connectivity index (χ4n) is 2.53. The summed E-state index contributed by atoms with van der Waals surface area (Å²) in [5.74, 6) is 0.860. The van der Waals surface area contributed by atoms with Gasteiger partial charge in [0.1, 0.15) is 12.4 Å². The first-order chi connectivity index (χ1) is 11.0. The van der Waals surface area contributed by atoms with Crippen LogP contribution in [0.2, 0.25) is 0 Å². The van der Waals surface area contributed by atoms with Crippen molar-refractivity contribution in [3.05, 3.63) is 71.3 Å². The highest BCUT2D eigenvalue weighted by atomic mass is 16.5. The molecule has 20 heavy (non-hydrogen) atoms. The van der Waals surface area contributed by atoms with Gasteiger partial charge in [-0.2, -0.15) is 0 Å². The third-order valence-electron chi connectivity index (χ3n) is 3.49. The molecule has 2 aromatic rings. The zero-order valence-corrected chi connectivity index (χ0v) is 11.2. The maximum atomic E-state index is 7.21. The number of rotatable bonds is 3. The van der Waals surface area contributed by atoms with Crippen molar-refractivity contribution in [1.29, 1.82) is 0 Å². The van der Waals surface area contributed by atoms with Crippen molar-refractivity contribution in [3.8, 4) is 5.75 Å². The van der Waals surface area contributed by atoms with Crippen LogP contribution in [0.25, 0.3) is 5.57 Å². The molecule has 0 saturated carbocycles. The first-order valence-corrected chi connectivity index (χ1v) is 6.80. The van der Waals surface area contributed by atoms with E-state index in [4.69, 9.17) is 8.85 Å². The molecule has 0 unspecified atom stereocenters. The molecule has 0 saturated heterocycles. The molecule has 102 valence electrons. The molecule has 1 aliphatic rings. The predicted molar refractivity (Wildman–Crippen MR) is 82.8 cm³/mol. The largest absolute Gasteiger partial charge is 0.488 e. The van der Waals surface area contributed by atoms with Crippen molar-refractivity contribution in [1.82, 2.24) is 5.32 Å². The zero-order valence-electron chi connectivity index (χ0n) is 14.2. The van der Waals surface area contributed by atoms with Gasteiger partial charge in [0.05, 0.1) is 0 Å². The van der Waals surface area contributed by atoms with E-state index in [0.29, 0.717) is 19.6 Å². The van der Waals surface area contributed by atoms with E-state index < -0.39 is 6.98 Å². The molecule has 0 aliphatic carbocycles. The Kier molecular flexibility index (Phi) is 2.90. The second kappa shape index (κ2) is 5.93. The molecule has 0 radical (unpaired) electrons. The first kappa shape index (κ1) is 9.78. The Bertz CT molecular complexity index is 673. The Balaban J connectivity index is 1.94. The Labute approximate surface area is 124 Å². The number of nitrogens with one attached hydrogen (secondary N) is 1. The van der Waals surface area contributed by atoms with Crippen molar-refractivity contribution in [3.63, 3.8) is 0 Å². The molecule has 0 spiro atoms. The van der Waals surface area contributed by atoms with E-state index >= 15 is 0 Å². The normalized spacial score (nSPS) is 18.0. The van der Waals surface area contributed by atoms with Gasteiger partial charge >= 0.3 is 0 Å². The number of fused-ring (bicyclic) bond motifs is 2. The summed E-state index contributed by atoms with van der Waals surface area (Å²) >= 11 is 0. The molecule has 2 heteroatoms. The molecular weight excluding hydrogens is 247 g/mol. The lowest BCUT2D eigenvalue weighted by atomic mass is 9.93. The minimum Gasteiger partial charge on any atom is -0.488 e. The van der Waals surface area contributed by atoms with Crippen LogP contribution in [0.1, 0.15) is 27.2 Å². The third kappa shape index (κ3) is 2.47. The van der Waals surface area contributed by atoms with E-state index in [1.165, 1.54) is 0 Å². The summed E-state index contributed by atoms with van der Waals surface area (Å²) in [6.45, 7) is -1.15. The third-order valence-corrected chi connectivity index (χ3v) is 3.49. The Morgan fingerprint density at radius 2 is 1.95 bits per heavy atom. The van der Waals surface area contributed by atoms with Crippen LogP contribution in [0.3, 0.4) is 0 Å².